The number of carbonyl (C=O) groups is 1. The van der Waals surface area contributed by atoms with Gasteiger partial charge in [0.1, 0.15) is 11.5 Å². The molecule has 1 saturated heterocycles. The predicted octanol–water partition coefficient (Wildman–Crippen LogP) is 2.12. The van der Waals surface area contributed by atoms with E-state index in [4.69, 9.17) is 9.88 Å². The van der Waals surface area contributed by atoms with E-state index in [0.29, 0.717) is 13.1 Å². The fraction of sp³-hybridized carbons (Fsp3) is 0.278. The SMILES string of the molecule is NS(=O)(=O)CC1CC(=O)N(Cc2ccc(Oc3ccccc3)cc2)C1. The molecular formula is C18H20N2O4S. The predicted molar refractivity (Wildman–Crippen MR) is 94.5 cm³/mol. The second-order valence-electron chi connectivity index (χ2n) is 6.23. The van der Waals surface area contributed by atoms with Gasteiger partial charge in [0.2, 0.25) is 15.9 Å². The zero-order chi connectivity index (χ0) is 17.9. The Morgan fingerprint density at radius 3 is 2.32 bits per heavy atom. The Balaban J connectivity index is 1.59. The van der Waals surface area contributed by atoms with Crippen molar-refractivity contribution in [3.8, 4) is 11.5 Å². The maximum atomic E-state index is 12.0. The van der Waals surface area contributed by atoms with Gasteiger partial charge in [-0.25, -0.2) is 13.6 Å². The molecule has 0 aliphatic carbocycles. The molecule has 1 aliphatic rings. The number of nitrogens with two attached hydrogens (primary N) is 1. The van der Waals surface area contributed by atoms with Crippen LogP contribution in [0.5, 0.6) is 11.5 Å². The number of amides is 1. The third kappa shape index (κ3) is 5.04. The normalized spacial score (nSPS) is 17.7. The number of para-hydroxylation sites is 1. The molecule has 1 heterocycles. The van der Waals surface area contributed by atoms with Gasteiger partial charge < -0.3 is 9.64 Å². The molecule has 0 bridgehead atoms. The zero-order valence-corrected chi connectivity index (χ0v) is 14.5. The lowest BCUT2D eigenvalue weighted by molar-refractivity contribution is -0.128. The Labute approximate surface area is 147 Å². The van der Waals surface area contributed by atoms with Crippen LogP contribution in [0.1, 0.15) is 12.0 Å². The number of ether oxygens (including phenoxy) is 1. The summed E-state index contributed by atoms with van der Waals surface area (Å²) in [7, 11) is -3.56. The maximum Gasteiger partial charge on any atom is 0.223 e. The fourth-order valence-electron chi connectivity index (χ4n) is 2.95. The number of sulfonamides is 1. The first-order valence-corrected chi connectivity index (χ1v) is 9.71. The van der Waals surface area contributed by atoms with Gasteiger partial charge in [-0.3, -0.25) is 4.79 Å². The standard InChI is InChI=1S/C18H20N2O4S/c19-25(22,23)13-15-10-18(21)20(12-15)11-14-6-8-17(9-7-14)24-16-4-2-1-3-5-16/h1-9,15H,10-13H2,(H2,19,22,23). The maximum absolute atomic E-state index is 12.0. The average molecular weight is 360 g/mol. The van der Waals surface area contributed by atoms with Crippen molar-refractivity contribution in [1.29, 1.82) is 0 Å². The van der Waals surface area contributed by atoms with Crippen LogP contribution < -0.4 is 9.88 Å². The molecule has 25 heavy (non-hydrogen) atoms. The lowest BCUT2D eigenvalue weighted by Crippen LogP contribution is -2.27. The van der Waals surface area contributed by atoms with E-state index < -0.39 is 10.0 Å². The monoisotopic (exact) mass is 360 g/mol. The smallest absolute Gasteiger partial charge is 0.223 e. The molecule has 3 rings (SSSR count). The minimum atomic E-state index is -3.56. The van der Waals surface area contributed by atoms with E-state index >= 15 is 0 Å². The molecule has 7 heteroatoms. The van der Waals surface area contributed by atoms with Crippen LogP contribution in [0.2, 0.25) is 0 Å². The Morgan fingerprint density at radius 1 is 1.04 bits per heavy atom. The largest absolute Gasteiger partial charge is 0.457 e. The highest BCUT2D eigenvalue weighted by Gasteiger charge is 2.31. The zero-order valence-electron chi connectivity index (χ0n) is 13.7. The van der Waals surface area contributed by atoms with Crippen LogP contribution in [0.25, 0.3) is 0 Å². The molecule has 0 aromatic heterocycles. The Hall–Kier alpha value is -2.38. The van der Waals surface area contributed by atoms with Crippen molar-refractivity contribution >= 4 is 15.9 Å². The number of hydrogen-bond donors (Lipinski definition) is 1. The van der Waals surface area contributed by atoms with Crippen LogP contribution in [-0.2, 0) is 21.4 Å². The molecule has 1 aliphatic heterocycles. The van der Waals surface area contributed by atoms with Crippen LogP contribution in [0, 0.1) is 5.92 Å². The highest BCUT2D eigenvalue weighted by atomic mass is 32.2. The summed E-state index contributed by atoms with van der Waals surface area (Å²) in [5.74, 6) is 1.05. The first kappa shape index (κ1) is 17.4. The third-order valence-electron chi connectivity index (χ3n) is 4.04. The summed E-state index contributed by atoms with van der Waals surface area (Å²) < 4.78 is 28.1. The molecule has 0 spiro atoms. The molecule has 0 saturated carbocycles. The van der Waals surface area contributed by atoms with Gasteiger partial charge in [0.25, 0.3) is 0 Å². The number of rotatable bonds is 6. The van der Waals surface area contributed by atoms with Crippen molar-refractivity contribution < 1.29 is 17.9 Å². The highest BCUT2D eigenvalue weighted by Crippen LogP contribution is 2.24. The number of benzene rings is 2. The molecule has 2 aromatic rings. The van der Waals surface area contributed by atoms with Crippen molar-refractivity contribution in [3.05, 3.63) is 60.2 Å². The number of primary sulfonamides is 1. The van der Waals surface area contributed by atoms with Crippen molar-refractivity contribution in [2.45, 2.75) is 13.0 Å². The minimum Gasteiger partial charge on any atom is -0.457 e. The lowest BCUT2D eigenvalue weighted by Gasteiger charge is -2.17. The number of hydrogen-bond acceptors (Lipinski definition) is 4. The van der Waals surface area contributed by atoms with E-state index in [-0.39, 0.29) is 24.0 Å². The van der Waals surface area contributed by atoms with Crippen LogP contribution in [0.3, 0.4) is 0 Å². The van der Waals surface area contributed by atoms with Crippen molar-refractivity contribution in [2.24, 2.45) is 11.1 Å². The summed E-state index contributed by atoms with van der Waals surface area (Å²) in [6.45, 7) is 0.864. The van der Waals surface area contributed by atoms with Crippen molar-refractivity contribution in [2.75, 3.05) is 12.3 Å². The van der Waals surface area contributed by atoms with Gasteiger partial charge in [-0.05, 0) is 29.8 Å². The van der Waals surface area contributed by atoms with Gasteiger partial charge in [-0.15, -0.1) is 0 Å². The topological polar surface area (TPSA) is 89.7 Å². The molecule has 0 radical (unpaired) electrons. The van der Waals surface area contributed by atoms with Crippen molar-refractivity contribution in [1.82, 2.24) is 4.90 Å². The van der Waals surface area contributed by atoms with Gasteiger partial charge in [-0.2, -0.15) is 0 Å². The second-order valence-corrected chi connectivity index (χ2v) is 7.89. The van der Waals surface area contributed by atoms with Gasteiger partial charge in [-0.1, -0.05) is 30.3 Å². The quantitative estimate of drug-likeness (QED) is 0.854. The molecule has 1 fully saturated rings. The van der Waals surface area contributed by atoms with Crippen LogP contribution in [0.4, 0.5) is 0 Å². The molecule has 2 aromatic carbocycles. The molecule has 6 nitrogen and oxygen atoms in total. The summed E-state index contributed by atoms with van der Waals surface area (Å²) in [6, 6.07) is 17.0. The summed E-state index contributed by atoms with van der Waals surface area (Å²) in [6.07, 6.45) is 0.228. The average Bonchev–Trinajstić information content (AvgIpc) is 2.87. The Morgan fingerprint density at radius 2 is 1.68 bits per heavy atom. The Bertz CT molecular complexity index is 835. The van der Waals surface area contributed by atoms with E-state index in [9.17, 15) is 13.2 Å². The van der Waals surface area contributed by atoms with Gasteiger partial charge in [0, 0.05) is 25.4 Å². The molecule has 1 amide bonds. The van der Waals surface area contributed by atoms with E-state index in [1.807, 2.05) is 54.6 Å². The number of likely N-dealkylation sites (tertiary alicyclic amines) is 1. The van der Waals surface area contributed by atoms with Crippen molar-refractivity contribution in [3.63, 3.8) is 0 Å². The highest BCUT2D eigenvalue weighted by molar-refractivity contribution is 7.89. The molecular weight excluding hydrogens is 340 g/mol. The van der Waals surface area contributed by atoms with E-state index in [0.717, 1.165) is 17.1 Å². The summed E-state index contributed by atoms with van der Waals surface area (Å²) in [5.41, 5.74) is 0.963. The van der Waals surface area contributed by atoms with Crippen LogP contribution in [-0.4, -0.2) is 31.5 Å². The molecule has 132 valence electrons. The summed E-state index contributed by atoms with van der Waals surface area (Å²) in [5, 5.41) is 5.07. The third-order valence-corrected chi connectivity index (χ3v) is 4.97. The van der Waals surface area contributed by atoms with Gasteiger partial charge in [0.15, 0.2) is 0 Å². The minimum absolute atomic E-state index is 0.0433. The molecule has 2 N–H and O–H groups in total. The summed E-state index contributed by atoms with van der Waals surface area (Å²) in [4.78, 5) is 13.7. The first-order chi connectivity index (χ1) is 11.9. The van der Waals surface area contributed by atoms with Gasteiger partial charge in [0.05, 0.1) is 5.75 Å². The van der Waals surface area contributed by atoms with Crippen LogP contribution >= 0.6 is 0 Å². The Kier molecular flexibility index (Phi) is 5.06. The van der Waals surface area contributed by atoms with E-state index in [1.54, 1.807) is 4.90 Å². The second kappa shape index (κ2) is 7.25. The number of carbonyl (C=O) groups excluding carboxylic acids is 1. The van der Waals surface area contributed by atoms with E-state index in [1.165, 1.54) is 0 Å². The van der Waals surface area contributed by atoms with E-state index in [2.05, 4.69) is 0 Å². The first-order valence-electron chi connectivity index (χ1n) is 7.99. The number of nitrogens with zero attached hydrogens (tertiary/aromatic N) is 1. The molecule has 1 unspecified atom stereocenters. The molecule has 1 atom stereocenters. The lowest BCUT2D eigenvalue weighted by atomic mass is 10.1. The fourth-order valence-corrected chi connectivity index (χ4v) is 3.84. The summed E-state index contributed by atoms with van der Waals surface area (Å²) >= 11 is 0. The van der Waals surface area contributed by atoms with Gasteiger partial charge >= 0.3 is 0 Å². The van der Waals surface area contributed by atoms with Crippen LogP contribution in [0.15, 0.2) is 54.6 Å².